The van der Waals surface area contributed by atoms with Crippen LogP contribution in [0.4, 0.5) is 5.69 Å². The Morgan fingerprint density at radius 1 is 0.750 bits per heavy atom. The number of hydrogen-bond donors (Lipinski definition) is 0. The van der Waals surface area contributed by atoms with E-state index < -0.39 is 7.14 Å². The van der Waals surface area contributed by atoms with Crippen molar-refractivity contribution >= 4 is 40.8 Å². The van der Waals surface area contributed by atoms with Crippen molar-refractivity contribution in [2.45, 2.75) is 13.3 Å². The molecular formula is C28H25ClNOP. The predicted octanol–water partition coefficient (Wildman–Crippen LogP) is 6.98. The van der Waals surface area contributed by atoms with Crippen LogP contribution < -0.4 is 10.6 Å². The second kappa shape index (κ2) is 10.1. The van der Waals surface area contributed by atoms with Gasteiger partial charge in [-0.2, -0.15) is 0 Å². The van der Waals surface area contributed by atoms with Gasteiger partial charge in [0.1, 0.15) is 7.14 Å². The standard InChI is InChI=1S/C28H25ClNOP/c1-22-12-14-23(15-13-22)20-26(30-25-18-16-24(29)17-19-25)21-32(31,27-8-4-2-5-9-27)28-10-6-3-7-11-28/h2-19H,20-21H2,1H3. The molecule has 0 saturated heterocycles. The number of rotatable bonds is 7. The van der Waals surface area contributed by atoms with Gasteiger partial charge in [0.25, 0.3) is 0 Å². The normalized spacial score (nSPS) is 12.0. The van der Waals surface area contributed by atoms with Crippen LogP contribution in [0.1, 0.15) is 11.1 Å². The molecule has 4 heteroatoms. The summed E-state index contributed by atoms with van der Waals surface area (Å²) >= 11 is 6.07. The van der Waals surface area contributed by atoms with E-state index in [9.17, 15) is 4.57 Å². The van der Waals surface area contributed by atoms with E-state index >= 15 is 0 Å². The fourth-order valence-corrected chi connectivity index (χ4v) is 6.49. The summed E-state index contributed by atoms with van der Waals surface area (Å²) in [7, 11) is -2.93. The smallest absolute Gasteiger partial charge is 0.148 e. The Kier molecular flexibility index (Phi) is 7.05. The number of aliphatic imine (C=N–C) groups is 1. The lowest BCUT2D eigenvalue weighted by Gasteiger charge is -2.21. The summed E-state index contributed by atoms with van der Waals surface area (Å²) in [6.07, 6.45) is 1.00. The average Bonchev–Trinajstić information content (AvgIpc) is 2.83. The zero-order chi connectivity index (χ0) is 22.4. The third-order valence-electron chi connectivity index (χ3n) is 5.39. The minimum atomic E-state index is -2.93. The van der Waals surface area contributed by atoms with Crippen LogP contribution in [0.15, 0.2) is 114 Å². The zero-order valence-electron chi connectivity index (χ0n) is 18.0. The molecule has 0 heterocycles. The van der Waals surface area contributed by atoms with Crippen molar-refractivity contribution in [2.24, 2.45) is 4.99 Å². The lowest BCUT2D eigenvalue weighted by molar-refractivity contribution is 0.589. The van der Waals surface area contributed by atoms with Crippen molar-refractivity contribution in [3.8, 4) is 0 Å². The summed E-state index contributed by atoms with van der Waals surface area (Å²) in [5.74, 6) is 0. The Balaban J connectivity index is 1.78. The van der Waals surface area contributed by atoms with Gasteiger partial charge >= 0.3 is 0 Å². The highest BCUT2D eigenvalue weighted by Crippen LogP contribution is 2.44. The SMILES string of the molecule is Cc1ccc(CC(CP(=O)(c2ccccc2)c2ccccc2)=Nc2ccc(Cl)cc2)cc1. The van der Waals surface area contributed by atoms with Gasteiger partial charge in [-0.1, -0.05) is 102 Å². The monoisotopic (exact) mass is 457 g/mol. The van der Waals surface area contributed by atoms with E-state index in [4.69, 9.17) is 16.6 Å². The average molecular weight is 458 g/mol. The molecule has 160 valence electrons. The van der Waals surface area contributed by atoms with Gasteiger partial charge in [0.05, 0.1) is 5.69 Å². The largest absolute Gasteiger partial charge is 0.313 e. The molecule has 4 aromatic carbocycles. The van der Waals surface area contributed by atoms with E-state index in [1.807, 2.05) is 84.9 Å². The summed E-state index contributed by atoms with van der Waals surface area (Å²) in [6, 6.07) is 35.4. The first kappa shape index (κ1) is 22.3. The van der Waals surface area contributed by atoms with Gasteiger partial charge in [-0.05, 0) is 36.8 Å². The molecular weight excluding hydrogens is 433 g/mol. The van der Waals surface area contributed by atoms with E-state index in [0.29, 0.717) is 17.6 Å². The molecule has 2 nitrogen and oxygen atoms in total. The molecule has 0 aliphatic carbocycles. The summed E-state index contributed by atoms with van der Waals surface area (Å²) in [5.41, 5.74) is 4.05. The second-order valence-corrected chi connectivity index (χ2v) is 11.2. The number of hydrogen-bond acceptors (Lipinski definition) is 2. The van der Waals surface area contributed by atoms with Gasteiger partial charge < -0.3 is 4.57 Å². The van der Waals surface area contributed by atoms with Crippen LogP contribution in [0.25, 0.3) is 0 Å². The van der Waals surface area contributed by atoms with Crippen LogP contribution in [0.5, 0.6) is 0 Å². The molecule has 4 rings (SSSR count). The second-order valence-electron chi connectivity index (χ2n) is 7.89. The fourth-order valence-electron chi connectivity index (χ4n) is 3.70. The van der Waals surface area contributed by atoms with Crippen LogP contribution in [0.3, 0.4) is 0 Å². The van der Waals surface area contributed by atoms with E-state index in [-0.39, 0.29) is 0 Å². The third-order valence-corrected chi connectivity index (χ3v) is 8.72. The van der Waals surface area contributed by atoms with Gasteiger partial charge in [0, 0.05) is 33.9 Å². The van der Waals surface area contributed by atoms with E-state index in [2.05, 4.69) is 31.2 Å². The Hall–Kier alpha value is -2.93. The van der Waals surface area contributed by atoms with Gasteiger partial charge in [0.15, 0.2) is 0 Å². The van der Waals surface area contributed by atoms with Crippen LogP contribution in [-0.2, 0) is 11.0 Å². The first-order valence-corrected chi connectivity index (χ1v) is 12.9. The summed E-state index contributed by atoms with van der Waals surface area (Å²) < 4.78 is 14.6. The quantitative estimate of drug-likeness (QED) is 0.217. The maximum atomic E-state index is 14.6. The van der Waals surface area contributed by atoms with Crippen molar-refractivity contribution in [2.75, 3.05) is 6.16 Å². The Morgan fingerprint density at radius 2 is 1.28 bits per heavy atom. The highest BCUT2D eigenvalue weighted by molar-refractivity contribution is 7.79. The Morgan fingerprint density at radius 3 is 1.81 bits per heavy atom. The van der Waals surface area contributed by atoms with Crippen LogP contribution in [0.2, 0.25) is 5.02 Å². The molecule has 0 unspecified atom stereocenters. The predicted molar refractivity (Wildman–Crippen MR) is 138 cm³/mol. The van der Waals surface area contributed by atoms with Gasteiger partial charge in [0.2, 0.25) is 0 Å². The molecule has 0 amide bonds. The van der Waals surface area contributed by atoms with E-state index in [0.717, 1.165) is 27.6 Å². The topological polar surface area (TPSA) is 29.4 Å². The van der Waals surface area contributed by atoms with E-state index in [1.165, 1.54) is 5.56 Å². The molecule has 0 fully saturated rings. The fraction of sp³-hybridized carbons (Fsp3) is 0.107. The highest BCUT2D eigenvalue weighted by Gasteiger charge is 2.29. The number of nitrogens with zero attached hydrogens (tertiary/aromatic N) is 1. The molecule has 0 saturated carbocycles. The van der Waals surface area contributed by atoms with E-state index in [1.54, 1.807) is 0 Å². The number of halogens is 1. The molecule has 0 radical (unpaired) electrons. The maximum absolute atomic E-state index is 14.6. The molecule has 4 aromatic rings. The lowest BCUT2D eigenvalue weighted by atomic mass is 10.1. The molecule has 0 aromatic heterocycles. The molecule has 0 bridgehead atoms. The van der Waals surface area contributed by atoms with Crippen LogP contribution >= 0.6 is 18.7 Å². The summed E-state index contributed by atoms with van der Waals surface area (Å²) in [5, 5.41) is 2.36. The first-order valence-electron chi connectivity index (χ1n) is 10.6. The van der Waals surface area contributed by atoms with Gasteiger partial charge in [-0.25, -0.2) is 0 Å². The molecule has 0 N–H and O–H groups in total. The van der Waals surface area contributed by atoms with Crippen molar-refractivity contribution in [1.29, 1.82) is 0 Å². The number of benzene rings is 4. The van der Waals surface area contributed by atoms with Crippen molar-refractivity contribution in [1.82, 2.24) is 0 Å². The van der Waals surface area contributed by atoms with Crippen LogP contribution in [-0.4, -0.2) is 11.9 Å². The first-order chi connectivity index (χ1) is 15.5. The van der Waals surface area contributed by atoms with Crippen LogP contribution in [0, 0.1) is 6.92 Å². The minimum absolute atomic E-state index is 0.373. The minimum Gasteiger partial charge on any atom is -0.313 e. The molecule has 32 heavy (non-hydrogen) atoms. The van der Waals surface area contributed by atoms with Crippen molar-refractivity contribution in [3.63, 3.8) is 0 Å². The van der Waals surface area contributed by atoms with Gasteiger partial charge in [-0.3, -0.25) is 4.99 Å². The highest BCUT2D eigenvalue weighted by atomic mass is 35.5. The van der Waals surface area contributed by atoms with Crippen molar-refractivity contribution in [3.05, 3.63) is 125 Å². The molecule has 0 atom stereocenters. The number of aryl methyl sites for hydroxylation is 1. The van der Waals surface area contributed by atoms with Crippen molar-refractivity contribution < 1.29 is 4.57 Å². The maximum Gasteiger partial charge on any atom is 0.148 e. The summed E-state index contributed by atoms with van der Waals surface area (Å²) in [4.78, 5) is 4.94. The third kappa shape index (κ3) is 5.46. The van der Waals surface area contributed by atoms with Gasteiger partial charge in [-0.15, -0.1) is 0 Å². The Bertz CT molecular complexity index is 1190. The molecule has 0 spiro atoms. The Labute approximate surface area is 195 Å². The lowest BCUT2D eigenvalue weighted by Crippen LogP contribution is -2.23. The zero-order valence-corrected chi connectivity index (χ0v) is 19.6. The summed E-state index contributed by atoms with van der Waals surface area (Å²) in [6.45, 7) is 2.07. The molecule has 0 aliphatic rings. The molecule has 0 aliphatic heterocycles.